The summed E-state index contributed by atoms with van der Waals surface area (Å²) >= 11 is 0. The number of benzene rings is 2. The summed E-state index contributed by atoms with van der Waals surface area (Å²) in [7, 11) is 0. The second-order valence-corrected chi connectivity index (χ2v) is 11.2. The molecule has 0 aliphatic carbocycles. The molecule has 2 aromatic heterocycles. The minimum atomic E-state index is -0.377. The Morgan fingerprint density at radius 2 is 1.68 bits per heavy atom. The van der Waals surface area contributed by atoms with Crippen LogP contribution in [-0.4, -0.2) is 15.9 Å². The molecule has 1 radical (unpaired) electrons. The van der Waals surface area contributed by atoms with Crippen molar-refractivity contribution in [3.63, 3.8) is 0 Å². The van der Waals surface area contributed by atoms with Crippen molar-refractivity contribution in [1.82, 2.24) is 4.98 Å². The first kappa shape index (κ1) is 33.0. The maximum absolute atomic E-state index is 11.8. The van der Waals surface area contributed by atoms with Crippen LogP contribution in [0.1, 0.15) is 65.5 Å². The predicted molar refractivity (Wildman–Crippen MR) is 158 cm³/mol. The number of fused-ring (bicyclic) bond motifs is 1. The summed E-state index contributed by atoms with van der Waals surface area (Å²) in [6.45, 7) is 15.7. The van der Waals surface area contributed by atoms with Gasteiger partial charge < -0.3 is 14.3 Å². The fourth-order valence-corrected chi connectivity index (χ4v) is 3.70. The van der Waals surface area contributed by atoms with Crippen molar-refractivity contribution in [2.45, 2.75) is 68.2 Å². The minimum absolute atomic E-state index is 0. The Balaban J connectivity index is 0.000000307. The average Bonchev–Trinajstić information content (AvgIpc) is 3.32. The van der Waals surface area contributed by atoms with E-state index < -0.39 is 0 Å². The van der Waals surface area contributed by atoms with E-state index in [4.69, 9.17) is 9.15 Å². The van der Waals surface area contributed by atoms with Crippen LogP contribution in [0.3, 0.4) is 0 Å². The number of ketones is 1. The molecule has 4 aromatic rings. The topological polar surface area (TPSA) is 72.6 Å². The number of hydrogen-bond acceptors (Lipinski definition) is 5. The summed E-state index contributed by atoms with van der Waals surface area (Å²) in [5.74, 6) is 1.35. The summed E-state index contributed by atoms with van der Waals surface area (Å²) in [5.41, 5.74) is 4.37. The molecule has 2 heterocycles. The van der Waals surface area contributed by atoms with Gasteiger partial charge >= 0.3 is 0 Å². The quantitative estimate of drug-likeness (QED) is 0.112. The Kier molecular flexibility index (Phi) is 11.5. The second kappa shape index (κ2) is 13.9. The van der Waals surface area contributed by atoms with Gasteiger partial charge in [-0.25, -0.2) is 4.98 Å². The van der Waals surface area contributed by atoms with Gasteiger partial charge in [-0.05, 0) is 18.4 Å². The number of nitrogens with zero attached hydrogens (tertiary/aromatic N) is 1. The minimum Gasteiger partial charge on any atom is -0.512 e. The number of aliphatic hydroxyl groups is 1. The summed E-state index contributed by atoms with van der Waals surface area (Å²) in [6, 6.07) is 19.1. The van der Waals surface area contributed by atoms with E-state index in [2.05, 4.69) is 29.2 Å². The Hall–Kier alpha value is -3.21. The summed E-state index contributed by atoms with van der Waals surface area (Å²) in [4.78, 5) is 16.3. The van der Waals surface area contributed by atoms with Gasteiger partial charge in [-0.1, -0.05) is 85.7 Å². The third-order valence-corrected chi connectivity index (χ3v) is 7.25. The van der Waals surface area contributed by atoms with Crippen LogP contribution in [0.4, 0.5) is 0 Å². The largest absolute Gasteiger partial charge is 0.512 e. The number of hydrogen-bond donors (Lipinski definition) is 1. The zero-order valence-electron chi connectivity index (χ0n) is 24.7. The average molecular weight is 719 g/mol. The van der Waals surface area contributed by atoms with Gasteiger partial charge in [0.25, 0.3) is 0 Å². The number of aryl methyl sites for hydroxylation is 2. The van der Waals surface area contributed by atoms with Crippen molar-refractivity contribution in [3.05, 3.63) is 90.0 Å². The van der Waals surface area contributed by atoms with Crippen LogP contribution in [-0.2, 0) is 24.9 Å². The normalized spacial score (nSPS) is 11.8. The fraction of sp³-hybridized carbons (Fsp3) is 0.353. The Morgan fingerprint density at radius 1 is 1.02 bits per heavy atom. The van der Waals surface area contributed by atoms with Gasteiger partial charge in [0.1, 0.15) is 11.3 Å². The molecule has 0 aliphatic heterocycles. The molecule has 4 rings (SSSR count). The molecule has 40 heavy (non-hydrogen) atoms. The zero-order valence-corrected chi connectivity index (χ0v) is 27.1. The maximum Gasteiger partial charge on any atom is 0.220 e. The van der Waals surface area contributed by atoms with Crippen molar-refractivity contribution in [2.24, 2.45) is 10.8 Å². The Bertz CT molecular complexity index is 1430. The van der Waals surface area contributed by atoms with E-state index in [1.165, 1.54) is 6.08 Å². The summed E-state index contributed by atoms with van der Waals surface area (Å²) in [6.07, 6.45) is 6.54. The van der Waals surface area contributed by atoms with E-state index in [0.717, 1.165) is 46.1 Å². The molecule has 0 amide bonds. The van der Waals surface area contributed by atoms with Crippen molar-refractivity contribution in [3.8, 4) is 22.8 Å². The monoisotopic (exact) mass is 719 g/mol. The first-order valence-corrected chi connectivity index (χ1v) is 13.4. The number of allylic oxidation sites excluding steroid dienone is 2. The molecular formula is C34H40IrNO4-. The van der Waals surface area contributed by atoms with E-state index in [1.54, 1.807) is 12.5 Å². The van der Waals surface area contributed by atoms with Crippen molar-refractivity contribution >= 4 is 16.8 Å². The number of carbonyl (C=O) groups excluding carboxylic acids is 1. The molecule has 0 fully saturated rings. The molecule has 215 valence electrons. The standard InChI is InChI=1S/C21H16NO2.C13H24O2.Ir/c1-14-8-15(2)10-17(9-14)24-21-11-20-18(12-22-21)19(13-23-20)16-6-4-3-5-7-16;1-7-12(3,4)10(14)9-11(15)13(5,6)8-2;/h3-9,11-13H,1-2H3;9,14H,7-8H2,1-6H3;/q-1;;/b;10-9-;. The third-order valence-electron chi connectivity index (χ3n) is 7.25. The van der Waals surface area contributed by atoms with Gasteiger partial charge in [-0.15, -0.1) is 12.1 Å². The van der Waals surface area contributed by atoms with Crippen LogP contribution in [0.25, 0.3) is 22.1 Å². The Labute approximate surface area is 252 Å². The number of furan rings is 1. The molecule has 0 saturated heterocycles. The SMILES string of the molecule is CCC(C)(C)C(=O)/C=C(\O)C(C)(C)CC.Cc1[c-]c(Oc2cc3occ(-c4ccccc4)c3cn2)cc(C)c1.[Ir]. The van der Waals surface area contributed by atoms with Gasteiger partial charge in [0.15, 0.2) is 5.78 Å². The zero-order chi connectivity index (χ0) is 28.8. The number of ether oxygens (including phenoxy) is 1. The van der Waals surface area contributed by atoms with Crippen LogP contribution in [0.15, 0.2) is 77.2 Å². The van der Waals surface area contributed by atoms with Crippen molar-refractivity contribution < 1.29 is 39.2 Å². The van der Waals surface area contributed by atoms with E-state index in [0.29, 0.717) is 11.6 Å². The van der Waals surface area contributed by atoms with Gasteiger partial charge in [0.05, 0.1) is 6.26 Å². The number of aromatic nitrogens is 1. The molecule has 0 aliphatic rings. The van der Waals surface area contributed by atoms with Gasteiger partial charge in [0, 0.05) is 66.0 Å². The molecule has 6 heteroatoms. The van der Waals surface area contributed by atoms with Gasteiger partial charge in [-0.2, -0.15) is 17.2 Å². The number of rotatable bonds is 8. The number of pyridine rings is 1. The van der Waals surface area contributed by atoms with Gasteiger partial charge in [-0.3, -0.25) is 4.79 Å². The predicted octanol–water partition coefficient (Wildman–Crippen LogP) is 9.57. The Morgan fingerprint density at radius 3 is 2.27 bits per heavy atom. The molecule has 0 spiro atoms. The molecule has 2 aromatic carbocycles. The van der Waals surface area contributed by atoms with Crippen LogP contribution >= 0.6 is 0 Å². The molecule has 5 nitrogen and oxygen atoms in total. The molecular weight excluding hydrogens is 679 g/mol. The van der Waals surface area contributed by atoms with E-state index in [1.807, 2.05) is 85.7 Å². The smallest absolute Gasteiger partial charge is 0.220 e. The molecule has 0 unspecified atom stereocenters. The van der Waals surface area contributed by atoms with Crippen molar-refractivity contribution in [1.29, 1.82) is 0 Å². The van der Waals surface area contributed by atoms with E-state index in [9.17, 15) is 9.90 Å². The van der Waals surface area contributed by atoms with E-state index in [-0.39, 0.29) is 42.5 Å². The van der Waals surface area contributed by atoms with Crippen LogP contribution < -0.4 is 4.74 Å². The second-order valence-electron chi connectivity index (χ2n) is 11.2. The van der Waals surface area contributed by atoms with Crippen LogP contribution in [0, 0.1) is 30.7 Å². The number of aliphatic hydroxyl groups excluding tert-OH is 1. The summed E-state index contributed by atoms with van der Waals surface area (Å²) < 4.78 is 11.5. The maximum atomic E-state index is 11.8. The van der Waals surface area contributed by atoms with E-state index >= 15 is 0 Å². The van der Waals surface area contributed by atoms with Gasteiger partial charge in [0.2, 0.25) is 5.88 Å². The molecule has 0 bridgehead atoms. The fourth-order valence-electron chi connectivity index (χ4n) is 3.70. The van der Waals surface area contributed by atoms with Crippen LogP contribution in [0.5, 0.6) is 11.6 Å². The van der Waals surface area contributed by atoms with Crippen molar-refractivity contribution in [2.75, 3.05) is 0 Å². The molecule has 0 saturated carbocycles. The number of carbonyl (C=O) groups is 1. The van der Waals surface area contributed by atoms with Crippen LogP contribution in [0.2, 0.25) is 0 Å². The third kappa shape index (κ3) is 8.39. The first-order chi connectivity index (χ1) is 18.4. The molecule has 1 N–H and O–H groups in total. The summed E-state index contributed by atoms with van der Waals surface area (Å²) in [5, 5.41) is 10.8. The molecule has 0 atom stereocenters. The first-order valence-electron chi connectivity index (χ1n) is 13.4.